The highest BCUT2D eigenvalue weighted by atomic mass is 19.1. The molecule has 4 rings (SSSR count). The van der Waals surface area contributed by atoms with E-state index in [1.165, 1.54) is 17.7 Å². The standard InChI is InChI=1S/C26H33FN4O3/c1-16(2)18-8-6-17(7-9-18)15-33-23-14-31(25(32)34-26(3,4)5)13-22(23)30-24-28-20-11-10-19(27)12-21(20)29-24/h6-12,16,22-23H,13-15H2,1-5H3,(H2,28,29,30). The second-order valence-electron chi connectivity index (χ2n) is 10.1. The molecule has 3 aromatic rings. The van der Waals surface area contributed by atoms with Gasteiger partial charge >= 0.3 is 6.09 Å². The molecule has 1 saturated heterocycles. The molecular weight excluding hydrogens is 435 g/mol. The number of nitrogens with zero attached hydrogens (tertiary/aromatic N) is 2. The van der Waals surface area contributed by atoms with Gasteiger partial charge in [-0.15, -0.1) is 0 Å². The number of imidazole rings is 1. The van der Waals surface area contributed by atoms with Gasteiger partial charge in [0.2, 0.25) is 5.95 Å². The minimum atomic E-state index is -0.583. The van der Waals surface area contributed by atoms with Gasteiger partial charge in [-0.2, -0.15) is 0 Å². The van der Waals surface area contributed by atoms with Crippen molar-refractivity contribution in [2.24, 2.45) is 0 Å². The molecule has 0 bridgehead atoms. The third kappa shape index (κ3) is 5.86. The zero-order valence-electron chi connectivity index (χ0n) is 20.4. The molecule has 1 fully saturated rings. The lowest BCUT2D eigenvalue weighted by molar-refractivity contribution is 0.0177. The van der Waals surface area contributed by atoms with Gasteiger partial charge in [-0.3, -0.25) is 0 Å². The number of carbonyl (C=O) groups excluding carboxylic acids is 1. The first-order valence-corrected chi connectivity index (χ1v) is 11.7. The maximum Gasteiger partial charge on any atom is 0.410 e. The molecule has 1 aliphatic heterocycles. The Labute approximate surface area is 199 Å². The number of amides is 1. The Morgan fingerprint density at radius 1 is 1.21 bits per heavy atom. The fraction of sp³-hybridized carbons (Fsp3) is 0.462. The summed E-state index contributed by atoms with van der Waals surface area (Å²) in [6, 6.07) is 12.6. The van der Waals surface area contributed by atoms with Crippen LogP contribution in [0.5, 0.6) is 0 Å². The fourth-order valence-electron chi connectivity index (χ4n) is 3.98. The summed E-state index contributed by atoms with van der Waals surface area (Å²) in [5, 5.41) is 3.34. The van der Waals surface area contributed by atoms with E-state index in [4.69, 9.17) is 9.47 Å². The minimum Gasteiger partial charge on any atom is -0.444 e. The Morgan fingerprint density at radius 3 is 2.62 bits per heavy atom. The minimum absolute atomic E-state index is 0.215. The van der Waals surface area contributed by atoms with E-state index >= 15 is 0 Å². The van der Waals surface area contributed by atoms with E-state index in [-0.39, 0.29) is 24.1 Å². The summed E-state index contributed by atoms with van der Waals surface area (Å²) in [5.41, 5.74) is 3.03. The first kappa shape index (κ1) is 24.0. The molecule has 2 atom stereocenters. The largest absolute Gasteiger partial charge is 0.444 e. The lowest BCUT2D eigenvalue weighted by Crippen LogP contribution is -2.36. The summed E-state index contributed by atoms with van der Waals surface area (Å²) in [5.74, 6) is 0.647. The van der Waals surface area contributed by atoms with Gasteiger partial charge in [-0.1, -0.05) is 38.1 Å². The number of carbonyl (C=O) groups is 1. The van der Waals surface area contributed by atoms with Crippen LogP contribution in [0.2, 0.25) is 0 Å². The van der Waals surface area contributed by atoms with Crippen LogP contribution >= 0.6 is 0 Å². The Bertz CT molecular complexity index is 1140. The molecule has 34 heavy (non-hydrogen) atoms. The number of anilines is 1. The Kier molecular flexibility index (Phi) is 6.79. The number of hydrogen-bond acceptors (Lipinski definition) is 5. The number of H-pyrrole nitrogens is 1. The van der Waals surface area contributed by atoms with Gasteiger partial charge in [0.05, 0.1) is 36.3 Å². The molecule has 1 aliphatic rings. The average Bonchev–Trinajstić information content (AvgIpc) is 3.34. The van der Waals surface area contributed by atoms with Crippen molar-refractivity contribution in [3.63, 3.8) is 0 Å². The topological polar surface area (TPSA) is 79.5 Å². The van der Waals surface area contributed by atoms with Crippen LogP contribution < -0.4 is 5.32 Å². The van der Waals surface area contributed by atoms with Crippen molar-refractivity contribution in [3.05, 3.63) is 59.4 Å². The SMILES string of the molecule is CC(C)c1ccc(COC2CN(C(=O)OC(C)(C)C)CC2Nc2nc3ccc(F)cc3[nH]2)cc1. The summed E-state index contributed by atoms with van der Waals surface area (Å²) in [6.45, 7) is 11.1. The predicted molar refractivity (Wildman–Crippen MR) is 130 cm³/mol. The highest BCUT2D eigenvalue weighted by Gasteiger charge is 2.38. The number of likely N-dealkylation sites (tertiary alicyclic amines) is 1. The zero-order valence-corrected chi connectivity index (χ0v) is 20.4. The van der Waals surface area contributed by atoms with E-state index in [9.17, 15) is 9.18 Å². The molecular formula is C26H33FN4O3. The van der Waals surface area contributed by atoms with Crippen LogP contribution in [0.25, 0.3) is 11.0 Å². The van der Waals surface area contributed by atoms with E-state index in [2.05, 4.69) is 53.4 Å². The van der Waals surface area contributed by atoms with Crippen LogP contribution in [0.3, 0.4) is 0 Å². The number of aromatic nitrogens is 2. The van der Waals surface area contributed by atoms with Gasteiger partial charge in [-0.25, -0.2) is 14.2 Å². The molecule has 2 aromatic carbocycles. The molecule has 1 aromatic heterocycles. The predicted octanol–water partition coefficient (Wildman–Crippen LogP) is 5.44. The maximum atomic E-state index is 13.6. The van der Waals surface area contributed by atoms with Crippen molar-refractivity contribution < 1.29 is 18.7 Å². The first-order valence-electron chi connectivity index (χ1n) is 11.7. The number of rotatable bonds is 6. The zero-order chi connectivity index (χ0) is 24.5. The highest BCUT2D eigenvalue weighted by Crippen LogP contribution is 2.23. The van der Waals surface area contributed by atoms with Crippen LogP contribution in [0.4, 0.5) is 15.1 Å². The number of aromatic amines is 1. The van der Waals surface area contributed by atoms with Crippen molar-refractivity contribution in [3.8, 4) is 0 Å². The molecule has 2 unspecified atom stereocenters. The number of halogens is 1. The number of hydrogen-bond donors (Lipinski definition) is 2. The van der Waals surface area contributed by atoms with E-state index in [1.54, 1.807) is 11.0 Å². The Morgan fingerprint density at radius 2 is 1.94 bits per heavy atom. The van der Waals surface area contributed by atoms with Crippen molar-refractivity contribution >= 4 is 23.1 Å². The molecule has 8 heteroatoms. The van der Waals surface area contributed by atoms with Crippen molar-refractivity contribution in [2.75, 3.05) is 18.4 Å². The summed E-state index contributed by atoms with van der Waals surface area (Å²) < 4.78 is 25.4. The van der Waals surface area contributed by atoms with Crippen molar-refractivity contribution in [1.29, 1.82) is 0 Å². The summed E-state index contributed by atoms with van der Waals surface area (Å²) in [7, 11) is 0. The number of benzene rings is 2. The third-order valence-electron chi connectivity index (χ3n) is 5.79. The molecule has 0 radical (unpaired) electrons. The molecule has 0 spiro atoms. The van der Waals surface area contributed by atoms with Crippen LogP contribution in [0, 0.1) is 5.82 Å². The van der Waals surface area contributed by atoms with Gasteiger partial charge in [0.15, 0.2) is 0 Å². The highest BCUT2D eigenvalue weighted by molar-refractivity contribution is 5.77. The Hall–Kier alpha value is -3.13. The van der Waals surface area contributed by atoms with Gasteiger partial charge < -0.3 is 24.7 Å². The monoisotopic (exact) mass is 468 g/mol. The van der Waals surface area contributed by atoms with Gasteiger partial charge in [-0.05, 0) is 56.0 Å². The van der Waals surface area contributed by atoms with Crippen molar-refractivity contribution in [2.45, 2.75) is 64.9 Å². The van der Waals surface area contributed by atoms with E-state index in [1.807, 2.05) is 20.8 Å². The number of nitrogens with one attached hydrogen (secondary N) is 2. The van der Waals surface area contributed by atoms with Crippen LogP contribution in [0.15, 0.2) is 42.5 Å². The van der Waals surface area contributed by atoms with Crippen LogP contribution in [-0.4, -0.2) is 51.8 Å². The van der Waals surface area contributed by atoms with Crippen LogP contribution in [0.1, 0.15) is 51.7 Å². The molecule has 7 nitrogen and oxygen atoms in total. The van der Waals surface area contributed by atoms with Crippen molar-refractivity contribution in [1.82, 2.24) is 14.9 Å². The molecule has 0 saturated carbocycles. The summed E-state index contributed by atoms with van der Waals surface area (Å²) in [6.07, 6.45) is -0.652. The Balaban J connectivity index is 1.48. The summed E-state index contributed by atoms with van der Waals surface area (Å²) >= 11 is 0. The molecule has 2 heterocycles. The van der Waals surface area contributed by atoms with E-state index < -0.39 is 5.60 Å². The summed E-state index contributed by atoms with van der Waals surface area (Å²) in [4.78, 5) is 22.0. The normalized spacial score (nSPS) is 18.6. The van der Waals surface area contributed by atoms with Crippen LogP contribution in [-0.2, 0) is 16.1 Å². The van der Waals surface area contributed by atoms with E-state index in [0.717, 1.165) is 5.56 Å². The smallest absolute Gasteiger partial charge is 0.410 e. The van der Waals surface area contributed by atoms with E-state index in [0.29, 0.717) is 42.6 Å². The quantitative estimate of drug-likeness (QED) is 0.503. The molecule has 1 amide bonds. The molecule has 182 valence electrons. The maximum absolute atomic E-state index is 13.6. The molecule has 0 aliphatic carbocycles. The second-order valence-corrected chi connectivity index (χ2v) is 10.1. The lowest BCUT2D eigenvalue weighted by atomic mass is 10.0. The van der Waals surface area contributed by atoms with Gasteiger partial charge in [0, 0.05) is 6.54 Å². The average molecular weight is 469 g/mol. The van der Waals surface area contributed by atoms with Gasteiger partial charge in [0.1, 0.15) is 11.4 Å². The number of fused-ring (bicyclic) bond motifs is 1. The second kappa shape index (κ2) is 9.62. The lowest BCUT2D eigenvalue weighted by Gasteiger charge is -2.24. The third-order valence-corrected chi connectivity index (χ3v) is 5.79. The number of ether oxygens (including phenoxy) is 2. The first-order chi connectivity index (χ1) is 16.1. The molecule has 2 N–H and O–H groups in total. The fourth-order valence-corrected chi connectivity index (χ4v) is 3.98. The van der Waals surface area contributed by atoms with Gasteiger partial charge in [0.25, 0.3) is 0 Å².